The summed E-state index contributed by atoms with van der Waals surface area (Å²) >= 11 is 1.31. The van der Waals surface area contributed by atoms with Gasteiger partial charge in [0.1, 0.15) is 6.04 Å². The minimum absolute atomic E-state index is 0.124. The zero-order valence-corrected chi connectivity index (χ0v) is 14.5. The predicted molar refractivity (Wildman–Crippen MR) is 94.2 cm³/mol. The average Bonchev–Trinajstić information content (AvgIpc) is 3.15. The van der Waals surface area contributed by atoms with Crippen LogP contribution in [0, 0.1) is 0 Å². The van der Waals surface area contributed by atoms with E-state index in [9.17, 15) is 14.4 Å². The van der Waals surface area contributed by atoms with Crippen LogP contribution in [0.15, 0.2) is 29.1 Å². The molecule has 0 radical (unpaired) electrons. The van der Waals surface area contributed by atoms with Gasteiger partial charge in [0.2, 0.25) is 11.8 Å². The van der Waals surface area contributed by atoms with Crippen molar-refractivity contribution in [3.05, 3.63) is 34.6 Å². The number of benzene rings is 1. The molecule has 2 aromatic rings. The first-order chi connectivity index (χ1) is 11.6. The lowest BCUT2D eigenvalue weighted by molar-refractivity contribution is -0.127. The van der Waals surface area contributed by atoms with Crippen LogP contribution in [-0.2, 0) is 9.59 Å². The highest BCUT2D eigenvalue weighted by atomic mass is 32.1. The van der Waals surface area contributed by atoms with Crippen molar-refractivity contribution >= 4 is 33.4 Å². The number of hydrogen-bond donors (Lipinski definition) is 1. The van der Waals surface area contributed by atoms with Crippen LogP contribution in [0.1, 0.15) is 32.2 Å². The quantitative estimate of drug-likeness (QED) is 0.809. The van der Waals surface area contributed by atoms with E-state index in [-0.39, 0.29) is 17.4 Å². The van der Waals surface area contributed by atoms with Gasteiger partial charge in [0.05, 0.1) is 10.1 Å². The summed E-state index contributed by atoms with van der Waals surface area (Å²) in [6.45, 7) is 3.74. The van der Waals surface area contributed by atoms with E-state index < -0.39 is 6.04 Å². The second-order valence-electron chi connectivity index (χ2n) is 6.02. The molecule has 1 atom stereocenters. The van der Waals surface area contributed by atoms with Gasteiger partial charge in [0, 0.05) is 26.1 Å². The fourth-order valence-electron chi connectivity index (χ4n) is 2.92. The number of likely N-dealkylation sites (tertiary alicyclic amines) is 1. The highest BCUT2D eigenvalue weighted by molar-refractivity contribution is 7.14. The van der Waals surface area contributed by atoms with E-state index in [0.29, 0.717) is 24.9 Å². The van der Waals surface area contributed by atoms with Crippen molar-refractivity contribution < 1.29 is 9.59 Å². The van der Waals surface area contributed by atoms with E-state index in [1.807, 2.05) is 23.1 Å². The molecule has 2 amide bonds. The van der Waals surface area contributed by atoms with Gasteiger partial charge >= 0.3 is 0 Å². The summed E-state index contributed by atoms with van der Waals surface area (Å²) < 4.78 is 2.40. The first-order valence-corrected chi connectivity index (χ1v) is 9.01. The highest BCUT2D eigenvalue weighted by Gasteiger charge is 2.21. The van der Waals surface area contributed by atoms with Gasteiger partial charge in [-0.3, -0.25) is 18.3 Å². The Balaban J connectivity index is 1.55. The smallest absolute Gasteiger partial charge is 0.269 e. The number of rotatable bonds is 6. The standard InChI is InChI=1S/C17H21N3O3S/c1-12(20-17(23)13-6-2-3-7-14(13)24-20)16(22)18-9-5-11-19-10-4-8-15(19)21/h2-3,6-7,12H,4-5,8-11H2,1H3,(H,18,22)/t12-/m0/s1. The van der Waals surface area contributed by atoms with E-state index in [2.05, 4.69) is 5.32 Å². The Labute approximate surface area is 144 Å². The lowest BCUT2D eigenvalue weighted by Gasteiger charge is -2.16. The molecule has 1 aromatic heterocycles. The van der Waals surface area contributed by atoms with Crippen LogP contribution in [0.2, 0.25) is 0 Å². The molecule has 3 rings (SSSR count). The minimum Gasteiger partial charge on any atom is -0.354 e. The Bertz CT molecular complexity index is 811. The molecular formula is C17H21N3O3S. The van der Waals surface area contributed by atoms with Gasteiger partial charge in [-0.15, -0.1) is 0 Å². The van der Waals surface area contributed by atoms with Crippen molar-refractivity contribution in [3.63, 3.8) is 0 Å². The lowest BCUT2D eigenvalue weighted by atomic mass is 10.2. The van der Waals surface area contributed by atoms with Crippen molar-refractivity contribution in [1.29, 1.82) is 0 Å². The fourth-order valence-corrected chi connectivity index (χ4v) is 3.96. The van der Waals surface area contributed by atoms with Crippen molar-refractivity contribution in [2.45, 2.75) is 32.2 Å². The zero-order chi connectivity index (χ0) is 17.1. The van der Waals surface area contributed by atoms with E-state index in [1.54, 1.807) is 13.0 Å². The topological polar surface area (TPSA) is 71.4 Å². The molecule has 1 fully saturated rings. The van der Waals surface area contributed by atoms with Crippen LogP contribution in [0.25, 0.3) is 10.1 Å². The van der Waals surface area contributed by atoms with Gasteiger partial charge in [-0.2, -0.15) is 0 Å². The number of carbonyl (C=O) groups excluding carboxylic acids is 2. The van der Waals surface area contributed by atoms with Crippen LogP contribution < -0.4 is 10.9 Å². The Morgan fingerprint density at radius 3 is 2.83 bits per heavy atom. The van der Waals surface area contributed by atoms with Gasteiger partial charge in [-0.25, -0.2) is 0 Å². The summed E-state index contributed by atoms with van der Waals surface area (Å²) in [5, 5.41) is 3.51. The molecule has 0 unspecified atom stereocenters. The Morgan fingerprint density at radius 1 is 1.33 bits per heavy atom. The molecule has 1 saturated heterocycles. The summed E-state index contributed by atoms with van der Waals surface area (Å²) in [4.78, 5) is 38.0. The van der Waals surface area contributed by atoms with E-state index >= 15 is 0 Å². The molecule has 6 nitrogen and oxygen atoms in total. The summed E-state index contributed by atoms with van der Waals surface area (Å²) in [6.07, 6.45) is 2.29. The van der Waals surface area contributed by atoms with Gasteiger partial charge in [0.15, 0.2) is 0 Å². The lowest BCUT2D eigenvalue weighted by Crippen LogP contribution is -2.35. The van der Waals surface area contributed by atoms with Crippen LogP contribution in [-0.4, -0.2) is 40.3 Å². The second-order valence-corrected chi connectivity index (χ2v) is 7.04. The van der Waals surface area contributed by atoms with E-state index in [4.69, 9.17) is 0 Å². The molecular weight excluding hydrogens is 326 g/mol. The van der Waals surface area contributed by atoms with E-state index in [0.717, 1.165) is 24.1 Å². The summed E-state index contributed by atoms with van der Waals surface area (Å²) in [5.41, 5.74) is -0.124. The van der Waals surface area contributed by atoms with Crippen LogP contribution in [0.5, 0.6) is 0 Å². The largest absolute Gasteiger partial charge is 0.354 e. The number of aromatic nitrogens is 1. The Morgan fingerprint density at radius 2 is 2.12 bits per heavy atom. The maximum atomic E-state index is 12.4. The van der Waals surface area contributed by atoms with Gasteiger partial charge in [-0.1, -0.05) is 23.7 Å². The highest BCUT2D eigenvalue weighted by Crippen LogP contribution is 2.19. The third-order valence-electron chi connectivity index (χ3n) is 4.32. The van der Waals surface area contributed by atoms with Gasteiger partial charge in [-0.05, 0) is 31.9 Å². The number of carbonyl (C=O) groups is 2. The molecule has 0 saturated carbocycles. The van der Waals surface area contributed by atoms with Gasteiger partial charge in [0.25, 0.3) is 5.56 Å². The molecule has 0 bridgehead atoms. The maximum Gasteiger partial charge on any atom is 0.269 e. The van der Waals surface area contributed by atoms with Crippen molar-refractivity contribution in [3.8, 4) is 0 Å². The number of fused-ring (bicyclic) bond motifs is 1. The second kappa shape index (κ2) is 7.17. The molecule has 2 heterocycles. The number of nitrogens with zero attached hydrogens (tertiary/aromatic N) is 2. The summed E-state index contributed by atoms with van der Waals surface area (Å²) in [7, 11) is 0. The van der Waals surface area contributed by atoms with Crippen molar-refractivity contribution in [1.82, 2.24) is 14.2 Å². The third kappa shape index (κ3) is 3.36. The Kier molecular flexibility index (Phi) is 4.99. The first kappa shape index (κ1) is 16.7. The number of hydrogen-bond acceptors (Lipinski definition) is 4. The van der Waals surface area contributed by atoms with Crippen molar-refractivity contribution in [2.24, 2.45) is 0 Å². The minimum atomic E-state index is -0.539. The molecule has 0 spiro atoms. The molecule has 1 N–H and O–H groups in total. The monoisotopic (exact) mass is 347 g/mol. The molecule has 1 aliphatic rings. The predicted octanol–water partition coefficient (Wildman–Crippen LogP) is 1.75. The fraction of sp³-hybridized carbons (Fsp3) is 0.471. The van der Waals surface area contributed by atoms with Crippen molar-refractivity contribution in [2.75, 3.05) is 19.6 Å². The van der Waals surface area contributed by atoms with Gasteiger partial charge < -0.3 is 10.2 Å². The molecule has 24 heavy (non-hydrogen) atoms. The Hall–Kier alpha value is -2.15. The first-order valence-electron chi connectivity index (χ1n) is 8.24. The average molecular weight is 347 g/mol. The van der Waals surface area contributed by atoms with Crippen LogP contribution in [0.4, 0.5) is 0 Å². The maximum absolute atomic E-state index is 12.4. The summed E-state index contributed by atoms with van der Waals surface area (Å²) in [5.74, 6) is 0.0305. The zero-order valence-electron chi connectivity index (χ0n) is 13.7. The normalized spacial score (nSPS) is 15.9. The molecule has 1 aromatic carbocycles. The third-order valence-corrected chi connectivity index (χ3v) is 5.55. The number of nitrogens with one attached hydrogen (secondary N) is 1. The molecule has 7 heteroatoms. The molecule has 128 valence electrons. The van der Waals surface area contributed by atoms with Crippen LogP contribution in [0.3, 0.4) is 0 Å². The molecule has 0 aliphatic carbocycles. The van der Waals surface area contributed by atoms with Crippen LogP contribution >= 0.6 is 11.5 Å². The number of amides is 2. The van der Waals surface area contributed by atoms with E-state index in [1.165, 1.54) is 15.5 Å². The molecule has 1 aliphatic heterocycles. The SMILES string of the molecule is C[C@@H](C(=O)NCCCN1CCCC1=O)n1sc2ccccc2c1=O. The summed E-state index contributed by atoms with van der Waals surface area (Å²) in [6, 6.07) is 6.83.